The molecule has 82 valence electrons. The van der Waals surface area contributed by atoms with Gasteiger partial charge in [0.1, 0.15) is 0 Å². The first-order valence-electron chi connectivity index (χ1n) is 5.50. The Hall–Kier alpha value is -0.930. The molecule has 2 heterocycles. The van der Waals surface area contributed by atoms with Gasteiger partial charge in [0.25, 0.3) is 0 Å². The Balaban J connectivity index is 2.22. The van der Waals surface area contributed by atoms with Crippen LogP contribution in [-0.2, 0) is 10.3 Å². The fraction of sp³-hybridized carbons (Fsp3) is 0.583. The van der Waals surface area contributed by atoms with Gasteiger partial charge in [-0.3, -0.25) is 4.98 Å². The molecule has 0 aromatic carbocycles. The number of ether oxygens (including phenoxy) is 1. The van der Waals surface area contributed by atoms with Crippen molar-refractivity contribution >= 4 is 0 Å². The molecule has 3 nitrogen and oxygen atoms in total. The molecular formula is C12H18N2O. The molecule has 2 rings (SSSR count). The summed E-state index contributed by atoms with van der Waals surface area (Å²) in [6.07, 6.45) is 4.81. The van der Waals surface area contributed by atoms with Gasteiger partial charge in [-0.15, -0.1) is 0 Å². The highest BCUT2D eigenvalue weighted by molar-refractivity contribution is 5.22. The van der Waals surface area contributed by atoms with E-state index in [1.807, 2.05) is 19.2 Å². The molecule has 15 heavy (non-hydrogen) atoms. The largest absolute Gasteiger partial charge is 0.381 e. The number of nitrogens with zero attached hydrogens (tertiary/aromatic N) is 1. The predicted molar refractivity (Wildman–Crippen MR) is 59.5 cm³/mol. The van der Waals surface area contributed by atoms with E-state index in [0.717, 1.165) is 43.7 Å². The van der Waals surface area contributed by atoms with E-state index in [1.54, 1.807) is 0 Å². The maximum absolute atomic E-state index is 6.41. The van der Waals surface area contributed by atoms with E-state index in [-0.39, 0.29) is 5.54 Å². The second kappa shape index (κ2) is 4.29. The molecule has 1 fully saturated rings. The van der Waals surface area contributed by atoms with Crippen molar-refractivity contribution in [1.82, 2.24) is 4.98 Å². The van der Waals surface area contributed by atoms with E-state index in [0.29, 0.717) is 0 Å². The molecule has 1 atom stereocenters. The first-order valence-corrected chi connectivity index (χ1v) is 5.50. The van der Waals surface area contributed by atoms with E-state index in [4.69, 9.17) is 10.5 Å². The van der Waals surface area contributed by atoms with Crippen LogP contribution in [0, 0.1) is 6.92 Å². The third kappa shape index (κ3) is 2.36. The van der Waals surface area contributed by atoms with Crippen molar-refractivity contribution in [2.24, 2.45) is 5.73 Å². The van der Waals surface area contributed by atoms with Crippen molar-refractivity contribution in [3.63, 3.8) is 0 Å². The number of aromatic nitrogens is 1. The lowest BCUT2D eigenvalue weighted by Gasteiger charge is -2.27. The fourth-order valence-electron chi connectivity index (χ4n) is 2.02. The first kappa shape index (κ1) is 10.6. The highest BCUT2D eigenvalue weighted by atomic mass is 16.5. The van der Waals surface area contributed by atoms with Crippen molar-refractivity contribution in [1.29, 1.82) is 0 Å². The van der Waals surface area contributed by atoms with Gasteiger partial charge in [0.05, 0.1) is 0 Å². The van der Waals surface area contributed by atoms with Crippen LogP contribution in [0.4, 0.5) is 0 Å². The lowest BCUT2D eigenvalue weighted by Crippen LogP contribution is -2.37. The van der Waals surface area contributed by atoms with Gasteiger partial charge < -0.3 is 10.5 Å². The van der Waals surface area contributed by atoms with Crippen molar-refractivity contribution < 1.29 is 4.74 Å². The quantitative estimate of drug-likeness (QED) is 0.761. The Kier molecular flexibility index (Phi) is 3.03. The molecule has 0 bridgehead atoms. The van der Waals surface area contributed by atoms with Gasteiger partial charge >= 0.3 is 0 Å². The predicted octanol–water partition coefficient (Wildman–Crippen LogP) is 1.74. The van der Waals surface area contributed by atoms with Gasteiger partial charge in [-0.05, 0) is 37.8 Å². The van der Waals surface area contributed by atoms with E-state index in [2.05, 4.69) is 11.1 Å². The van der Waals surface area contributed by atoms with Crippen molar-refractivity contribution in [3.05, 3.63) is 29.6 Å². The van der Waals surface area contributed by atoms with Crippen molar-refractivity contribution in [2.45, 2.75) is 31.7 Å². The van der Waals surface area contributed by atoms with Crippen LogP contribution in [0.5, 0.6) is 0 Å². The van der Waals surface area contributed by atoms with Crippen LogP contribution in [0.3, 0.4) is 0 Å². The summed E-state index contributed by atoms with van der Waals surface area (Å²) in [4.78, 5) is 4.31. The minimum atomic E-state index is -0.239. The summed E-state index contributed by atoms with van der Waals surface area (Å²) in [7, 11) is 0. The van der Waals surface area contributed by atoms with Crippen LogP contribution in [0.2, 0.25) is 0 Å². The Labute approximate surface area is 90.7 Å². The third-order valence-corrected chi connectivity index (χ3v) is 3.09. The van der Waals surface area contributed by atoms with E-state index < -0.39 is 0 Å². The molecule has 1 aliphatic rings. The molecule has 1 aliphatic heterocycles. The topological polar surface area (TPSA) is 48.1 Å². The monoisotopic (exact) mass is 206 g/mol. The molecular weight excluding hydrogens is 188 g/mol. The SMILES string of the molecule is Cc1ccc(C2(N)CCCOCC2)cn1. The molecule has 2 N–H and O–H groups in total. The van der Waals surface area contributed by atoms with Gasteiger partial charge in [0.2, 0.25) is 0 Å². The van der Waals surface area contributed by atoms with E-state index >= 15 is 0 Å². The summed E-state index contributed by atoms with van der Waals surface area (Å²) in [5.74, 6) is 0. The number of hydrogen-bond acceptors (Lipinski definition) is 3. The lowest BCUT2D eigenvalue weighted by molar-refractivity contribution is 0.139. The van der Waals surface area contributed by atoms with Gasteiger partial charge in [0.15, 0.2) is 0 Å². The molecule has 0 saturated carbocycles. The van der Waals surface area contributed by atoms with Gasteiger partial charge in [0, 0.05) is 30.6 Å². The molecule has 1 saturated heterocycles. The van der Waals surface area contributed by atoms with Crippen LogP contribution < -0.4 is 5.73 Å². The van der Waals surface area contributed by atoms with Crippen LogP contribution >= 0.6 is 0 Å². The minimum Gasteiger partial charge on any atom is -0.381 e. The number of aryl methyl sites for hydroxylation is 1. The number of pyridine rings is 1. The summed E-state index contributed by atoms with van der Waals surface area (Å²) in [5.41, 5.74) is 8.34. The molecule has 1 aromatic rings. The lowest BCUT2D eigenvalue weighted by atomic mass is 9.85. The zero-order valence-corrected chi connectivity index (χ0v) is 9.20. The summed E-state index contributed by atoms with van der Waals surface area (Å²) < 4.78 is 5.43. The number of rotatable bonds is 1. The summed E-state index contributed by atoms with van der Waals surface area (Å²) in [5, 5.41) is 0. The zero-order valence-electron chi connectivity index (χ0n) is 9.20. The average Bonchev–Trinajstić information content (AvgIpc) is 2.45. The standard InChI is InChI=1S/C12H18N2O/c1-10-3-4-11(9-14-10)12(13)5-2-7-15-8-6-12/h3-4,9H,2,5-8,13H2,1H3. The Morgan fingerprint density at radius 2 is 2.20 bits per heavy atom. The average molecular weight is 206 g/mol. The molecule has 0 spiro atoms. The van der Waals surface area contributed by atoms with Gasteiger partial charge in [-0.25, -0.2) is 0 Å². The van der Waals surface area contributed by atoms with Crippen LogP contribution in [0.25, 0.3) is 0 Å². The number of nitrogens with two attached hydrogens (primary N) is 1. The smallest absolute Gasteiger partial charge is 0.0486 e. The maximum Gasteiger partial charge on any atom is 0.0486 e. The second-order valence-electron chi connectivity index (χ2n) is 4.31. The van der Waals surface area contributed by atoms with Crippen molar-refractivity contribution in [3.8, 4) is 0 Å². The van der Waals surface area contributed by atoms with Crippen molar-refractivity contribution in [2.75, 3.05) is 13.2 Å². The molecule has 1 aromatic heterocycles. The molecule has 0 aliphatic carbocycles. The Morgan fingerprint density at radius 3 is 2.93 bits per heavy atom. The Morgan fingerprint density at radius 1 is 1.33 bits per heavy atom. The first-order chi connectivity index (χ1) is 7.21. The van der Waals surface area contributed by atoms with E-state index in [1.165, 1.54) is 0 Å². The minimum absolute atomic E-state index is 0.239. The normalized spacial score (nSPS) is 27.3. The molecule has 1 unspecified atom stereocenters. The van der Waals surface area contributed by atoms with Gasteiger partial charge in [-0.1, -0.05) is 6.07 Å². The third-order valence-electron chi connectivity index (χ3n) is 3.09. The molecule has 3 heteroatoms. The Bertz CT molecular complexity index is 313. The molecule has 0 radical (unpaired) electrons. The number of hydrogen-bond donors (Lipinski definition) is 1. The summed E-state index contributed by atoms with van der Waals surface area (Å²) in [6, 6.07) is 4.11. The zero-order chi connectivity index (χ0) is 10.7. The highest BCUT2D eigenvalue weighted by Gasteiger charge is 2.28. The van der Waals surface area contributed by atoms with Crippen LogP contribution in [-0.4, -0.2) is 18.2 Å². The summed E-state index contributed by atoms with van der Waals surface area (Å²) >= 11 is 0. The summed E-state index contributed by atoms with van der Waals surface area (Å²) in [6.45, 7) is 3.58. The maximum atomic E-state index is 6.41. The fourth-order valence-corrected chi connectivity index (χ4v) is 2.02. The van der Waals surface area contributed by atoms with Crippen LogP contribution in [0.1, 0.15) is 30.5 Å². The molecule has 0 amide bonds. The van der Waals surface area contributed by atoms with Gasteiger partial charge in [-0.2, -0.15) is 0 Å². The highest BCUT2D eigenvalue weighted by Crippen LogP contribution is 2.29. The van der Waals surface area contributed by atoms with Crippen LogP contribution in [0.15, 0.2) is 18.3 Å². The second-order valence-corrected chi connectivity index (χ2v) is 4.31. The van der Waals surface area contributed by atoms with E-state index in [9.17, 15) is 0 Å².